The first kappa shape index (κ1) is 18.3. The molecule has 0 unspecified atom stereocenters. The van der Waals surface area contributed by atoms with Gasteiger partial charge in [-0.25, -0.2) is 0 Å². The molecule has 0 saturated heterocycles. The van der Waals surface area contributed by atoms with Gasteiger partial charge in [0, 0.05) is 22.5 Å². The van der Waals surface area contributed by atoms with Gasteiger partial charge in [0.1, 0.15) is 5.75 Å². The fraction of sp³-hybridized carbons (Fsp3) is 0.118. The van der Waals surface area contributed by atoms with Gasteiger partial charge in [0.15, 0.2) is 0 Å². The third kappa shape index (κ3) is 5.82. The second-order valence-electron chi connectivity index (χ2n) is 4.92. The van der Waals surface area contributed by atoms with Gasteiger partial charge in [0.25, 0.3) is 0 Å². The molecule has 2 aromatic rings. The quantitative estimate of drug-likeness (QED) is 0.710. The van der Waals surface area contributed by atoms with E-state index in [1.807, 2.05) is 0 Å². The van der Waals surface area contributed by atoms with E-state index < -0.39 is 17.7 Å². The van der Waals surface area contributed by atoms with Crippen LogP contribution in [0.15, 0.2) is 48.5 Å². The summed E-state index contributed by atoms with van der Waals surface area (Å²) >= 11 is 5.75. The van der Waals surface area contributed by atoms with Crippen LogP contribution in [0.4, 0.5) is 11.4 Å². The van der Waals surface area contributed by atoms with Gasteiger partial charge in [-0.05, 0) is 36.4 Å². The molecule has 3 N–H and O–H groups in total. The predicted molar refractivity (Wildman–Crippen MR) is 94.7 cm³/mol. The van der Waals surface area contributed by atoms with E-state index >= 15 is 0 Å². The lowest BCUT2D eigenvalue weighted by molar-refractivity contribution is -0.136. The molecule has 0 aromatic heterocycles. The molecule has 25 heavy (non-hydrogen) atoms. The molecule has 0 aliphatic heterocycles. The zero-order valence-electron chi connectivity index (χ0n) is 13.3. The molecule has 0 saturated carbocycles. The van der Waals surface area contributed by atoms with Crippen molar-refractivity contribution >= 4 is 40.7 Å². The van der Waals surface area contributed by atoms with Crippen LogP contribution in [-0.4, -0.2) is 31.4 Å². The Hall–Kier alpha value is -3.06. The molecule has 0 fully saturated rings. The topological polar surface area (TPSA) is 96.5 Å². The fourth-order valence-electron chi connectivity index (χ4n) is 1.87. The number of hydrogen-bond donors (Lipinski definition) is 3. The van der Waals surface area contributed by atoms with Crippen molar-refractivity contribution < 1.29 is 19.1 Å². The van der Waals surface area contributed by atoms with E-state index in [4.69, 9.17) is 16.3 Å². The molecule has 0 radical (unpaired) electrons. The third-order valence-corrected chi connectivity index (χ3v) is 3.32. The monoisotopic (exact) mass is 361 g/mol. The molecule has 2 aromatic carbocycles. The number of ether oxygens (including phenoxy) is 1. The van der Waals surface area contributed by atoms with Crippen LogP contribution in [0.3, 0.4) is 0 Å². The van der Waals surface area contributed by atoms with E-state index in [1.165, 1.54) is 7.11 Å². The van der Waals surface area contributed by atoms with E-state index in [0.29, 0.717) is 22.1 Å². The van der Waals surface area contributed by atoms with Crippen LogP contribution in [0.25, 0.3) is 0 Å². The summed E-state index contributed by atoms with van der Waals surface area (Å²) in [5.74, 6) is -1.73. The minimum Gasteiger partial charge on any atom is -0.497 e. The van der Waals surface area contributed by atoms with E-state index in [1.54, 1.807) is 48.5 Å². The van der Waals surface area contributed by atoms with Gasteiger partial charge >= 0.3 is 11.8 Å². The van der Waals surface area contributed by atoms with Gasteiger partial charge in [-0.15, -0.1) is 0 Å². The maximum absolute atomic E-state index is 11.8. The molecule has 0 spiro atoms. The lowest BCUT2D eigenvalue weighted by Crippen LogP contribution is -2.39. The van der Waals surface area contributed by atoms with Crippen molar-refractivity contribution in [3.05, 3.63) is 53.6 Å². The molecular formula is C17H16ClN3O4. The number of methoxy groups -OCH3 is 1. The largest absolute Gasteiger partial charge is 0.497 e. The number of amides is 3. The maximum atomic E-state index is 11.8. The molecule has 0 bridgehead atoms. The predicted octanol–water partition coefficient (Wildman–Crippen LogP) is 2.04. The summed E-state index contributed by atoms with van der Waals surface area (Å²) in [5, 5.41) is 7.77. The van der Waals surface area contributed by atoms with Gasteiger partial charge in [0.2, 0.25) is 5.91 Å². The molecule has 0 aliphatic carbocycles. The van der Waals surface area contributed by atoms with Gasteiger partial charge in [-0.1, -0.05) is 17.7 Å². The number of benzene rings is 2. The molecule has 3 amide bonds. The Bertz CT molecular complexity index is 778. The van der Waals surface area contributed by atoms with Gasteiger partial charge in [-0.3, -0.25) is 14.4 Å². The number of carbonyl (C=O) groups is 3. The number of carbonyl (C=O) groups excluding carboxylic acids is 3. The minimum atomic E-state index is -0.922. The molecule has 2 rings (SSSR count). The molecule has 7 nitrogen and oxygen atoms in total. The van der Waals surface area contributed by atoms with Crippen LogP contribution in [0.2, 0.25) is 5.02 Å². The van der Waals surface area contributed by atoms with Crippen molar-refractivity contribution in [3.63, 3.8) is 0 Å². The van der Waals surface area contributed by atoms with Crippen molar-refractivity contribution in [1.82, 2.24) is 5.32 Å². The van der Waals surface area contributed by atoms with Crippen LogP contribution in [0.5, 0.6) is 5.75 Å². The minimum absolute atomic E-state index is 0.340. The average molecular weight is 362 g/mol. The second-order valence-corrected chi connectivity index (χ2v) is 5.36. The van der Waals surface area contributed by atoms with Gasteiger partial charge < -0.3 is 20.7 Å². The smallest absolute Gasteiger partial charge is 0.313 e. The Morgan fingerprint density at radius 3 is 2.36 bits per heavy atom. The highest BCUT2D eigenvalue weighted by atomic mass is 35.5. The zero-order valence-corrected chi connectivity index (χ0v) is 14.1. The summed E-state index contributed by atoms with van der Waals surface area (Å²) in [6.07, 6.45) is 0. The van der Waals surface area contributed by atoms with Crippen molar-refractivity contribution in [2.24, 2.45) is 0 Å². The Morgan fingerprint density at radius 1 is 0.960 bits per heavy atom. The summed E-state index contributed by atoms with van der Waals surface area (Å²) in [6.45, 7) is -0.340. The van der Waals surface area contributed by atoms with E-state index in [0.717, 1.165) is 0 Å². The van der Waals surface area contributed by atoms with Crippen LogP contribution in [-0.2, 0) is 14.4 Å². The number of nitrogens with one attached hydrogen (secondary N) is 3. The SMILES string of the molecule is COc1cccc(NC(=O)C(=O)NCC(=O)Nc2ccc(Cl)cc2)c1. The highest BCUT2D eigenvalue weighted by Gasteiger charge is 2.15. The van der Waals surface area contributed by atoms with Crippen molar-refractivity contribution in [2.45, 2.75) is 0 Å². The molecule has 0 aliphatic rings. The summed E-state index contributed by atoms with van der Waals surface area (Å²) in [7, 11) is 1.49. The van der Waals surface area contributed by atoms with Gasteiger partial charge in [0.05, 0.1) is 13.7 Å². The third-order valence-electron chi connectivity index (χ3n) is 3.07. The Morgan fingerprint density at radius 2 is 1.68 bits per heavy atom. The first-order chi connectivity index (χ1) is 12.0. The number of anilines is 2. The summed E-state index contributed by atoms with van der Waals surface area (Å²) in [5.41, 5.74) is 0.939. The van der Waals surface area contributed by atoms with Crippen molar-refractivity contribution in [2.75, 3.05) is 24.3 Å². The van der Waals surface area contributed by atoms with Crippen LogP contribution < -0.4 is 20.7 Å². The normalized spacial score (nSPS) is 9.84. The Kier molecular flexibility index (Phi) is 6.36. The van der Waals surface area contributed by atoms with Gasteiger partial charge in [-0.2, -0.15) is 0 Å². The van der Waals surface area contributed by atoms with Crippen molar-refractivity contribution in [1.29, 1.82) is 0 Å². The zero-order chi connectivity index (χ0) is 18.2. The van der Waals surface area contributed by atoms with Crippen LogP contribution in [0, 0.1) is 0 Å². The first-order valence-corrected chi connectivity index (χ1v) is 7.64. The highest BCUT2D eigenvalue weighted by molar-refractivity contribution is 6.40. The molecule has 0 atom stereocenters. The summed E-state index contributed by atoms with van der Waals surface area (Å²) in [6, 6.07) is 13.0. The highest BCUT2D eigenvalue weighted by Crippen LogP contribution is 2.16. The standard InChI is InChI=1S/C17H16ClN3O4/c1-25-14-4-2-3-13(9-14)21-17(24)16(23)19-10-15(22)20-12-7-5-11(18)6-8-12/h2-9H,10H2,1H3,(H,19,23)(H,20,22)(H,21,24). The molecular weight excluding hydrogens is 346 g/mol. The van der Waals surface area contributed by atoms with E-state index in [2.05, 4.69) is 16.0 Å². The number of hydrogen-bond acceptors (Lipinski definition) is 4. The summed E-state index contributed by atoms with van der Waals surface area (Å²) in [4.78, 5) is 35.3. The van der Waals surface area contributed by atoms with E-state index in [-0.39, 0.29) is 6.54 Å². The maximum Gasteiger partial charge on any atom is 0.313 e. The fourth-order valence-corrected chi connectivity index (χ4v) is 1.99. The number of halogens is 1. The summed E-state index contributed by atoms with van der Waals surface area (Å²) < 4.78 is 5.03. The van der Waals surface area contributed by atoms with Crippen LogP contribution >= 0.6 is 11.6 Å². The Balaban J connectivity index is 1.81. The first-order valence-electron chi connectivity index (χ1n) is 7.26. The lowest BCUT2D eigenvalue weighted by Gasteiger charge is -2.08. The second kappa shape index (κ2) is 8.70. The number of rotatable bonds is 5. The van der Waals surface area contributed by atoms with Crippen LogP contribution in [0.1, 0.15) is 0 Å². The lowest BCUT2D eigenvalue weighted by atomic mass is 10.3. The van der Waals surface area contributed by atoms with E-state index in [9.17, 15) is 14.4 Å². The molecule has 130 valence electrons. The molecule has 8 heteroatoms. The average Bonchev–Trinajstić information content (AvgIpc) is 2.61. The Labute approximate surface area is 149 Å². The van der Waals surface area contributed by atoms with Crippen molar-refractivity contribution in [3.8, 4) is 5.75 Å². The molecule has 0 heterocycles.